The van der Waals surface area contributed by atoms with Crippen LogP contribution in [0.4, 0.5) is 0 Å². The maximum absolute atomic E-state index is 5.80. The minimum Gasteiger partial charge on any atom is -0.457 e. The molecule has 0 aliphatic rings. The van der Waals surface area contributed by atoms with Crippen LogP contribution in [0.1, 0.15) is 0 Å². The molecule has 0 atom stereocenters. The summed E-state index contributed by atoms with van der Waals surface area (Å²) >= 11 is 11.6. The van der Waals surface area contributed by atoms with Gasteiger partial charge in [0.1, 0.15) is 11.5 Å². The topological polar surface area (TPSA) is 9.23 Å². The van der Waals surface area contributed by atoms with Crippen molar-refractivity contribution in [3.63, 3.8) is 0 Å². The van der Waals surface area contributed by atoms with Crippen LogP contribution in [-0.2, 0) is 0 Å². The van der Waals surface area contributed by atoms with Crippen LogP contribution in [0.2, 0.25) is 10.0 Å². The summed E-state index contributed by atoms with van der Waals surface area (Å²) in [5.74, 6) is 1.37. The SMILES string of the molecule is Clc1ccc(Oc2c[c]cc(Cl)c2)cc1. The van der Waals surface area contributed by atoms with Gasteiger partial charge in [-0.05, 0) is 48.5 Å². The smallest absolute Gasteiger partial charge is 0.129 e. The zero-order valence-electron chi connectivity index (χ0n) is 7.71. The molecule has 75 valence electrons. The molecule has 0 fully saturated rings. The molecule has 0 N–H and O–H groups in total. The molecule has 2 aromatic rings. The quantitative estimate of drug-likeness (QED) is 0.743. The van der Waals surface area contributed by atoms with Crippen molar-refractivity contribution in [1.82, 2.24) is 0 Å². The third kappa shape index (κ3) is 2.88. The van der Waals surface area contributed by atoms with Gasteiger partial charge in [0.15, 0.2) is 0 Å². The van der Waals surface area contributed by atoms with E-state index in [0.29, 0.717) is 15.8 Å². The Balaban J connectivity index is 2.18. The van der Waals surface area contributed by atoms with Crippen LogP contribution < -0.4 is 4.74 Å². The lowest BCUT2D eigenvalue weighted by Crippen LogP contribution is -1.83. The lowest BCUT2D eigenvalue weighted by Gasteiger charge is -2.05. The Hall–Kier alpha value is -1.18. The lowest BCUT2D eigenvalue weighted by atomic mass is 10.3. The van der Waals surface area contributed by atoms with Gasteiger partial charge in [-0.25, -0.2) is 0 Å². The number of benzene rings is 2. The Kier molecular flexibility index (Phi) is 3.14. The second-order valence-electron chi connectivity index (χ2n) is 2.94. The highest BCUT2D eigenvalue weighted by atomic mass is 35.5. The van der Waals surface area contributed by atoms with Gasteiger partial charge in [-0.2, -0.15) is 0 Å². The zero-order valence-corrected chi connectivity index (χ0v) is 9.22. The van der Waals surface area contributed by atoms with E-state index in [0.717, 1.165) is 5.75 Å². The van der Waals surface area contributed by atoms with Crippen LogP contribution in [-0.4, -0.2) is 0 Å². The van der Waals surface area contributed by atoms with Gasteiger partial charge in [-0.1, -0.05) is 23.2 Å². The Bertz CT molecular complexity index is 451. The Labute approximate surface area is 98.2 Å². The molecule has 0 saturated carbocycles. The van der Waals surface area contributed by atoms with E-state index < -0.39 is 0 Å². The molecule has 0 aromatic heterocycles. The molecule has 1 nitrogen and oxygen atoms in total. The van der Waals surface area contributed by atoms with Crippen molar-refractivity contribution in [2.75, 3.05) is 0 Å². The molecule has 3 heteroatoms. The average molecular weight is 238 g/mol. The third-order valence-electron chi connectivity index (χ3n) is 1.78. The second-order valence-corrected chi connectivity index (χ2v) is 3.82. The van der Waals surface area contributed by atoms with Crippen molar-refractivity contribution >= 4 is 23.2 Å². The van der Waals surface area contributed by atoms with E-state index in [1.165, 1.54) is 0 Å². The molecule has 0 spiro atoms. The van der Waals surface area contributed by atoms with E-state index in [9.17, 15) is 0 Å². The number of hydrogen-bond acceptors (Lipinski definition) is 1. The molecular weight excluding hydrogens is 231 g/mol. The van der Waals surface area contributed by atoms with E-state index >= 15 is 0 Å². The van der Waals surface area contributed by atoms with E-state index in [1.54, 1.807) is 42.5 Å². The number of hydrogen-bond donors (Lipinski definition) is 0. The van der Waals surface area contributed by atoms with Crippen LogP contribution in [0.15, 0.2) is 42.5 Å². The fraction of sp³-hybridized carbons (Fsp3) is 0. The molecule has 0 aliphatic heterocycles. The van der Waals surface area contributed by atoms with Crippen molar-refractivity contribution in [2.45, 2.75) is 0 Å². The highest BCUT2D eigenvalue weighted by Gasteiger charge is 1.97. The summed E-state index contributed by atoms with van der Waals surface area (Å²) in [5, 5.41) is 1.28. The van der Waals surface area contributed by atoms with Crippen molar-refractivity contribution in [3.8, 4) is 11.5 Å². The first-order chi connectivity index (χ1) is 7.24. The minimum atomic E-state index is 0.599. The van der Waals surface area contributed by atoms with Gasteiger partial charge in [-0.3, -0.25) is 0 Å². The summed E-state index contributed by atoms with van der Waals surface area (Å²) in [6, 6.07) is 15.1. The van der Waals surface area contributed by atoms with Gasteiger partial charge >= 0.3 is 0 Å². The van der Waals surface area contributed by atoms with Gasteiger partial charge < -0.3 is 4.74 Å². The fourth-order valence-electron chi connectivity index (χ4n) is 1.12. The molecule has 0 aliphatic carbocycles. The summed E-state index contributed by atoms with van der Waals surface area (Å²) in [7, 11) is 0. The minimum absolute atomic E-state index is 0.599. The summed E-state index contributed by atoms with van der Waals surface area (Å²) in [6.07, 6.45) is 0. The zero-order chi connectivity index (χ0) is 10.7. The third-order valence-corrected chi connectivity index (χ3v) is 2.25. The molecule has 1 radical (unpaired) electrons. The first-order valence-electron chi connectivity index (χ1n) is 4.34. The van der Waals surface area contributed by atoms with Crippen molar-refractivity contribution in [1.29, 1.82) is 0 Å². The summed E-state index contributed by atoms with van der Waals surface area (Å²) in [6.45, 7) is 0. The summed E-state index contributed by atoms with van der Waals surface area (Å²) in [5.41, 5.74) is 0. The van der Waals surface area contributed by atoms with E-state index in [2.05, 4.69) is 6.07 Å². The van der Waals surface area contributed by atoms with Crippen LogP contribution in [0, 0.1) is 6.07 Å². The molecule has 0 unspecified atom stereocenters. The first-order valence-corrected chi connectivity index (χ1v) is 5.10. The molecule has 2 aromatic carbocycles. The van der Waals surface area contributed by atoms with Gasteiger partial charge in [0.2, 0.25) is 0 Å². The molecule has 0 bridgehead atoms. The second kappa shape index (κ2) is 4.56. The summed E-state index contributed by atoms with van der Waals surface area (Å²) in [4.78, 5) is 0. The molecule has 0 saturated heterocycles. The van der Waals surface area contributed by atoms with E-state index in [-0.39, 0.29) is 0 Å². The predicted octanol–water partition coefficient (Wildman–Crippen LogP) is 4.59. The lowest BCUT2D eigenvalue weighted by molar-refractivity contribution is 0.482. The number of ether oxygens (including phenoxy) is 1. The first kappa shape index (κ1) is 10.3. The molecule has 2 rings (SSSR count). The van der Waals surface area contributed by atoms with Gasteiger partial charge in [-0.15, -0.1) is 0 Å². The monoisotopic (exact) mass is 237 g/mol. The van der Waals surface area contributed by atoms with E-state index in [4.69, 9.17) is 27.9 Å². The van der Waals surface area contributed by atoms with E-state index in [1.807, 2.05) is 0 Å². The van der Waals surface area contributed by atoms with Crippen molar-refractivity contribution < 1.29 is 4.74 Å². The highest BCUT2D eigenvalue weighted by Crippen LogP contribution is 2.24. The van der Waals surface area contributed by atoms with Gasteiger partial charge in [0, 0.05) is 10.0 Å². The van der Waals surface area contributed by atoms with Crippen LogP contribution in [0.3, 0.4) is 0 Å². The standard InChI is InChI=1S/C12H7Cl2O/c13-9-4-6-11(7-5-9)15-12-3-1-2-10(14)8-12/h2-8H. The molecule has 0 heterocycles. The number of halogens is 2. The summed E-state index contributed by atoms with van der Waals surface area (Å²) < 4.78 is 5.54. The van der Waals surface area contributed by atoms with Gasteiger partial charge in [0.25, 0.3) is 0 Å². The highest BCUT2D eigenvalue weighted by molar-refractivity contribution is 6.30. The maximum atomic E-state index is 5.80. The Morgan fingerprint density at radius 2 is 1.60 bits per heavy atom. The average Bonchev–Trinajstić information content (AvgIpc) is 2.22. The van der Waals surface area contributed by atoms with Crippen LogP contribution >= 0.6 is 23.2 Å². The van der Waals surface area contributed by atoms with Gasteiger partial charge in [0.05, 0.1) is 0 Å². The van der Waals surface area contributed by atoms with Crippen molar-refractivity contribution in [3.05, 3.63) is 58.6 Å². The largest absolute Gasteiger partial charge is 0.457 e. The van der Waals surface area contributed by atoms with Crippen molar-refractivity contribution in [2.24, 2.45) is 0 Å². The van der Waals surface area contributed by atoms with Crippen LogP contribution in [0.5, 0.6) is 11.5 Å². The molecule has 0 amide bonds. The fourth-order valence-corrected chi connectivity index (χ4v) is 1.42. The maximum Gasteiger partial charge on any atom is 0.129 e. The normalized spacial score (nSPS) is 10.0. The molecule has 15 heavy (non-hydrogen) atoms. The van der Waals surface area contributed by atoms with Crippen LogP contribution in [0.25, 0.3) is 0 Å². The molecular formula is C12H7Cl2O. The Morgan fingerprint density at radius 3 is 2.27 bits per heavy atom. The predicted molar refractivity (Wildman–Crippen MR) is 61.8 cm³/mol. The Morgan fingerprint density at radius 1 is 0.867 bits per heavy atom. The number of rotatable bonds is 2.